The molecule has 0 aromatic rings. The lowest BCUT2D eigenvalue weighted by molar-refractivity contribution is -0.147. The zero-order valence-electron chi connectivity index (χ0n) is 30.1. The van der Waals surface area contributed by atoms with Crippen molar-refractivity contribution in [1.82, 2.24) is 0 Å². The molecule has 1 aliphatic heterocycles. The number of hydrogen-bond acceptors (Lipinski definition) is 9. The van der Waals surface area contributed by atoms with E-state index in [9.17, 15) is 24.7 Å². The first-order valence-electron chi connectivity index (χ1n) is 18.6. The van der Waals surface area contributed by atoms with Crippen LogP contribution in [0.4, 0.5) is 0 Å². The van der Waals surface area contributed by atoms with E-state index in [2.05, 4.69) is 13.8 Å². The number of aliphatic hydroxyl groups is 3. The molecule has 4 atom stereocenters. The molecule has 0 radical (unpaired) electrons. The highest BCUT2D eigenvalue weighted by atomic mass is 31.2. The highest BCUT2D eigenvalue weighted by Crippen LogP contribution is 2.56. The molecule has 0 aromatic heterocycles. The van der Waals surface area contributed by atoms with E-state index < -0.39 is 56.3 Å². The van der Waals surface area contributed by atoms with Crippen LogP contribution < -0.4 is 0 Å². The molecule has 3 N–H and O–H groups in total. The molecular formula is C36H69O9P. The monoisotopic (exact) mass is 676 g/mol. The average Bonchev–Trinajstić information content (AvgIpc) is 3.29. The van der Waals surface area contributed by atoms with Gasteiger partial charge in [0.2, 0.25) is 0 Å². The predicted octanol–water partition coefficient (Wildman–Crippen LogP) is 10.1. The third kappa shape index (κ3) is 17.3. The summed E-state index contributed by atoms with van der Waals surface area (Å²) in [6.07, 6.45) is 18.6. The molecule has 0 amide bonds. The van der Waals surface area contributed by atoms with Crippen molar-refractivity contribution in [2.45, 2.75) is 194 Å². The summed E-state index contributed by atoms with van der Waals surface area (Å²) in [6, 6.07) is 0. The van der Waals surface area contributed by atoms with Crippen LogP contribution in [-0.2, 0) is 27.7 Å². The lowest BCUT2D eigenvalue weighted by Gasteiger charge is -2.30. The summed E-state index contributed by atoms with van der Waals surface area (Å²) >= 11 is 0. The number of rotatable bonds is 30. The van der Waals surface area contributed by atoms with Gasteiger partial charge in [0.05, 0.1) is 18.8 Å². The second kappa shape index (κ2) is 24.9. The second-order valence-electron chi connectivity index (χ2n) is 13.8. The predicted molar refractivity (Wildman–Crippen MR) is 184 cm³/mol. The number of ether oxygens (including phenoxy) is 1. The van der Waals surface area contributed by atoms with Crippen LogP contribution in [-0.4, -0.2) is 52.3 Å². The van der Waals surface area contributed by atoms with Gasteiger partial charge in [0, 0.05) is 0 Å². The van der Waals surface area contributed by atoms with Gasteiger partial charge in [-0.15, -0.1) is 0 Å². The zero-order valence-corrected chi connectivity index (χ0v) is 30.9. The zero-order chi connectivity index (χ0) is 34.4. The van der Waals surface area contributed by atoms with Gasteiger partial charge in [-0.1, -0.05) is 157 Å². The van der Waals surface area contributed by atoms with Crippen LogP contribution in [0.15, 0.2) is 11.5 Å². The van der Waals surface area contributed by atoms with E-state index in [1.54, 1.807) is 0 Å². The molecule has 9 nitrogen and oxygen atoms in total. The van der Waals surface area contributed by atoms with Crippen LogP contribution in [0.3, 0.4) is 0 Å². The minimum Gasteiger partial charge on any atom is -0.505 e. The minimum absolute atomic E-state index is 0.00791. The standard InChI is InChI=1S/C36H69O9P/c1-7-9-11-13-15-17-19-21-23-25-31(28(3)4)43-46(41,45-35-33(39)34(30(38)27-37)42-36(35)40)44-32(29(5)6)26-24-22-20-18-16-14-12-10-8-2/h28-32,34,37-39H,7-27H2,1-6H3/t30?,31?,32?,34-,46?/m1/s1. The van der Waals surface area contributed by atoms with E-state index in [0.29, 0.717) is 12.8 Å². The molecule has 1 aliphatic rings. The van der Waals surface area contributed by atoms with Gasteiger partial charge >= 0.3 is 13.8 Å². The molecule has 272 valence electrons. The number of aliphatic hydroxyl groups excluding tert-OH is 3. The molecule has 0 aromatic carbocycles. The Morgan fingerprint density at radius 1 is 0.696 bits per heavy atom. The molecule has 0 bridgehead atoms. The van der Waals surface area contributed by atoms with Crippen molar-refractivity contribution >= 4 is 13.8 Å². The second-order valence-corrected chi connectivity index (χ2v) is 15.3. The molecule has 0 saturated heterocycles. The van der Waals surface area contributed by atoms with Crippen molar-refractivity contribution in [3.8, 4) is 0 Å². The first-order chi connectivity index (χ1) is 22.0. The lowest BCUT2D eigenvalue weighted by Crippen LogP contribution is -2.31. The average molecular weight is 677 g/mol. The fourth-order valence-corrected chi connectivity index (χ4v) is 7.63. The number of phosphoric ester groups is 1. The summed E-state index contributed by atoms with van der Waals surface area (Å²) in [4.78, 5) is 12.7. The van der Waals surface area contributed by atoms with E-state index in [1.165, 1.54) is 77.0 Å². The quantitative estimate of drug-likeness (QED) is 0.0386. The van der Waals surface area contributed by atoms with Gasteiger partial charge in [-0.25, -0.2) is 9.36 Å². The molecule has 0 aliphatic carbocycles. The van der Waals surface area contributed by atoms with Crippen molar-refractivity contribution in [3.05, 3.63) is 11.5 Å². The highest BCUT2D eigenvalue weighted by Gasteiger charge is 2.46. The lowest BCUT2D eigenvalue weighted by atomic mass is 10.00. The van der Waals surface area contributed by atoms with Crippen LogP contribution in [0.5, 0.6) is 0 Å². The minimum atomic E-state index is -4.45. The van der Waals surface area contributed by atoms with Gasteiger partial charge in [-0.3, -0.25) is 9.05 Å². The number of carbonyl (C=O) groups excluding carboxylic acids is 1. The van der Waals surface area contributed by atoms with Gasteiger partial charge in [-0.2, -0.15) is 0 Å². The Bertz CT molecular complexity index is 836. The summed E-state index contributed by atoms with van der Waals surface area (Å²) in [7, 11) is -4.45. The summed E-state index contributed by atoms with van der Waals surface area (Å²) in [6.45, 7) is 11.6. The Kier molecular flexibility index (Phi) is 23.3. The normalized spacial score (nSPS) is 18.7. The first-order valence-corrected chi connectivity index (χ1v) is 20.0. The maximum atomic E-state index is 14.4. The Balaban J connectivity index is 2.95. The number of carbonyl (C=O) groups is 1. The fourth-order valence-electron chi connectivity index (χ4n) is 5.74. The number of phosphoric acid groups is 1. The molecule has 10 heteroatoms. The van der Waals surface area contributed by atoms with Gasteiger partial charge in [0.15, 0.2) is 11.9 Å². The molecule has 1 heterocycles. The summed E-state index contributed by atoms with van der Waals surface area (Å²) < 4.78 is 37.5. The molecule has 0 spiro atoms. The SMILES string of the molecule is CCCCCCCCCCCC(OP(=O)(OC1=C(O)[C@@H](C(O)CO)OC1=O)OC(CCCCCCCCCCC)C(C)C)C(C)C. The van der Waals surface area contributed by atoms with E-state index in [0.717, 1.165) is 38.5 Å². The number of cyclic esters (lactones) is 1. The van der Waals surface area contributed by atoms with E-state index in [4.69, 9.17) is 18.3 Å². The van der Waals surface area contributed by atoms with Crippen molar-refractivity contribution in [2.24, 2.45) is 11.8 Å². The van der Waals surface area contributed by atoms with Gasteiger partial charge in [0.1, 0.15) is 6.10 Å². The first kappa shape index (κ1) is 42.9. The third-order valence-electron chi connectivity index (χ3n) is 8.86. The molecule has 3 unspecified atom stereocenters. The van der Waals surface area contributed by atoms with Gasteiger partial charge in [0.25, 0.3) is 5.76 Å². The number of hydrogen-bond donors (Lipinski definition) is 3. The number of unbranched alkanes of at least 4 members (excludes halogenated alkanes) is 16. The van der Waals surface area contributed by atoms with Crippen molar-refractivity contribution < 1.29 is 43.0 Å². The summed E-state index contributed by atoms with van der Waals surface area (Å²) in [5, 5.41) is 30.0. The van der Waals surface area contributed by atoms with Crippen LogP contribution in [0.25, 0.3) is 0 Å². The Morgan fingerprint density at radius 2 is 1.07 bits per heavy atom. The van der Waals surface area contributed by atoms with Crippen molar-refractivity contribution in [1.29, 1.82) is 0 Å². The third-order valence-corrected chi connectivity index (χ3v) is 10.3. The van der Waals surface area contributed by atoms with Crippen LogP contribution in [0.2, 0.25) is 0 Å². The maximum Gasteiger partial charge on any atom is 0.531 e. The molecule has 0 saturated carbocycles. The van der Waals surface area contributed by atoms with E-state index in [-0.39, 0.29) is 11.8 Å². The van der Waals surface area contributed by atoms with Gasteiger partial charge in [-0.05, 0) is 24.7 Å². The van der Waals surface area contributed by atoms with Crippen LogP contribution in [0, 0.1) is 11.8 Å². The molecular weight excluding hydrogens is 607 g/mol. The molecule has 0 fully saturated rings. The van der Waals surface area contributed by atoms with Crippen molar-refractivity contribution in [3.63, 3.8) is 0 Å². The maximum absolute atomic E-state index is 14.4. The van der Waals surface area contributed by atoms with E-state index >= 15 is 0 Å². The topological polar surface area (TPSA) is 132 Å². The van der Waals surface area contributed by atoms with E-state index in [1.807, 2.05) is 27.7 Å². The highest BCUT2D eigenvalue weighted by molar-refractivity contribution is 7.48. The Labute approximate surface area is 280 Å². The Hall–Kier alpha value is -1.12. The smallest absolute Gasteiger partial charge is 0.505 e. The molecule has 46 heavy (non-hydrogen) atoms. The summed E-state index contributed by atoms with van der Waals surface area (Å²) in [5.74, 6) is -2.56. The number of esters is 1. The largest absolute Gasteiger partial charge is 0.531 e. The van der Waals surface area contributed by atoms with Crippen molar-refractivity contribution in [2.75, 3.05) is 6.61 Å². The van der Waals surface area contributed by atoms with Crippen LogP contribution in [0.1, 0.15) is 170 Å². The Morgan fingerprint density at radius 3 is 1.41 bits per heavy atom. The summed E-state index contributed by atoms with van der Waals surface area (Å²) in [5.41, 5.74) is 0. The van der Waals surface area contributed by atoms with Gasteiger partial charge < -0.3 is 24.6 Å². The fraction of sp³-hybridized carbons (Fsp3) is 0.917. The van der Waals surface area contributed by atoms with Crippen LogP contribution >= 0.6 is 7.82 Å². The molecule has 1 rings (SSSR count).